The van der Waals surface area contributed by atoms with Gasteiger partial charge < -0.3 is 18.9 Å². The SMILES string of the molecule is CCCCN(CCO)CCC[Si](C)(OCC)OCC. The van der Waals surface area contributed by atoms with Gasteiger partial charge in [0.05, 0.1) is 6.61 Å². The molecule has 0 aromatic rings. The fourth-order valence-corrected chi connectivity index (χ4v) is 4.67. The Labute approximate surface area is 120 Å². The molecule has 19 heavy (non-hydrogen) atoms. The van der Waals surface area contributed by atoms with E-state index in [1.54, 1.807) is 0 Å². The number of unbranched alkanes of at least 4 members (excludes halogenated alkanes) is 1. The molecule has 0 saturated carbocycles. The molecule has 0 bridgehead atoms. The van der Waals surface area contributed by atoms with E-state index < -0.39 is 8.56 Å². The van der Waals surface area contributed by atoms with Crippen LogP contribution in [-0.4, -0.2) is 58.0 Å². The highest BCUT2D eigenvalue weighted by Crippen LogP contribution is 2.16. The van der Waals surface area contributed by atoms with E-state index in [1.807, 2.05) is 13.8 Å². The first-order chi connectivity index (χ1) is 9.11. The Kier molecular flexibility index (Phi) is 11.9. The van der Waals surface area contributed by atoms with Crippen molar-refractivity contribution in [1.82, 2.24) is 4.90 Å². The highest BCUT2D eigenvalue weighted by atomic mass is 28.4. The van der Waals surface area contributed by atoms with Gasteiger partial charge in [-0.1, -0.05) is 13.3 Å². The second kappa shape index (κ2) is 11.8. The summed E-state index contributed by atoms with van der Waals surface area (Å²) in [5, 5.41) is 9.08. The van der Waals surface area contributed by atoms with Gasteiger partial charge in [0, 0.05) is 19.8 Å². The predicted molar refractivity (Wildman–Crippen MR) is 82.7 cm³/mol. The van der Waals surface area contributed by atoms with Crippen LogP contribution in [0.15, 0.2) is 0 Å². The van der Waals surface area contributed by atoms with E-state index in [0.717, 1.165) is 45.3 Å². The third-order valence-electron chi connectivity index (χ3n) is 3.25. The van der Waals surface area contributed by atoms with Crippen LogP contribution >= 0.6 is 0 Å². The van der Waals surface area contributed by atoms with Crippen LogP contribution < -0.4 is 0 Å². The lowest BCUT2D eigenvalue weighted by molar-refractivity contribution is 0.178. The van der Waals surface area contributed by atoms with Crippen LogP contribution in [0.1, 0.15) is 40.0 Å². The van der Waals surface area contributed by atoms with Crippen LogP contribution in [0.25, 0.3) is 0 Å². The fourth-order valence-electron chi connectivity index (χ4n) is 2.28. The summed E-state index contributed by atoms with van der Waals surface area (Å²) in [7, 11) is -1.96. The Morgan fingerprint density at radius 2 is 1.53 bits per heavy atom. The van der Waals surface area contributed by atoms with Gasteiger partial charge in [-0.15, -0.1) is 0 Å². The Hall–Kier alpha value is 0.0569. The molecule has 1 N–H and O–H groups in total. The normalized spacial score (nSPS) is 12.3. The molecule has 4 nitrogen and oxygen atoms in total. The zero-order valence-corrected chi connectivity index (χ0v) is 14.3. The maximum atomic E-state index is 9.08. The molecule has 0 spiro atoms. The molecule has 116 valence electrons. The molecule has 0 rings (SSSR count). The van der Waals surface area contributed by atoms with Crippen LogP contribution in [-0.2, 0) is 8.85 Å². The fraction of sp³-hybridized carbons (Fsp3) is 1.00. The van der Waals surface area contributed by atoms with Gasteiger partial charge in [-0.3, -0.25) is 0 Å². The minimum Gasteiger partial charge on any atom is -0.395 e. The van der Waals surface area contributed by atoms with Gasteiger partial charge in [-0.05, 0) is 52.4 Å². The van der Waals surface area contributed by atoms with Crippen molar-refractivity contribution in [2.45, 2.75) is 52.6 Å². The number of hydrogen-bond donors (Lipinski definition) is 1. The van der Waals surface area contributed by atoms with Crippen LogP contribution in [0.5, 0.6) is 0 Å². The van der Waals surface area contributed by atoms with Crippen molar-refractivity contribution in [2.24, 2.45) is 0 Å². The van der Waals surface area contributed by atoms with E-state index in [4.69, 9.17) is 14.0 Å². The topological polar surface area (TPSA) is 41.9 Å². The van der Waals surface area contributed by atoms with Gasteiger partial charge >= 0.3 is 8.56 Å². The van der Waals surface area contributed by atoms with Gasteiger partial charge in [-0.25, -0.2) is 0 Å². The van der Waals surface area contributed by atoms with Crippen molar-refractivity contribution in [3.8, 4) is 0 Å². The first-order valence-corrected chi connectivity index (χ1v) is 10.2. The summed E-state index contributed by atoms with van der Waals surface area (Å²) in [6, 6.07) is 1.03. The lowest BCUT2D eigenvalue weighted by Gasteiger charge is -2.27. The molecule has 0 aliphatic carbocycles. The average molecular weight is 292 g/mol. The molecule has 0 aliphatic heterocycles. The summed E-state index contributed by atoms with van der Waals surface area (Å²) in [5.74, 6) is 0. The quantitative estimate of drug-likeness (QED) is 0.530. The number of aliphatic hydroxyl groups is 1. The molecular weight excluding hydrogens is 258 g/mol. The van der Waals surface area contributed by atoms with Gasteiger partial charge in [0.15, 0.2) is 0 Å². The molecule has 5 heteroatoms. The summed E-state index contributed by atoms with van der Waals surface area (Å²) >= 11 is 0. The zero-order valence-electron chi connectivity index (χ0n) is 13.3. The Morgan fingerprint density at radius 1 is 0.947 bits per heavy atom. The van der Waals surface area contributed by atoms with E-state index in [-0.39, 0.29) is 6.61 Å². The monoisotopic (exact) mass is 291 g/mol. The van der Waals surface area contributed by atoms with Crippen molar-refractivity contribution >= 4 is 8.56 Å². The van der Waals surface area contributed by atoms with E-state index in [1.165, 1.54) is 12.8 Å². The van der Waals surface area contributed by atoms with Crippen LogP contribution in [0.2, 0.25) is 12.6 Å². The third kappa shape index (κ3) is 9.57. The smallest absolute Gasteiger partial charge is 0.334 e. The molecule has 0 aliphatic rings. The summed E-state index contributed by atoms with van der Waals surface area (Å²) in [4.78, 5) is 2.34. The van der Waals surface area contributed by atoms with Crippen molar-refractivity contribution < 1.29 is 14.0 Å². The zero-order chi connectivity index (χ0) is 14.6. The Bertz CT molecular complexity index is 199. The molecule has 0 radical (unpaired) electrons. The van der Waals surface area contributed by atoms with E-state index in [9.17, 15) is 0 Å². The van der Waals surface area contributed by atoms with E-state index in [0.29, 0.717) is 0 Å². The van der Waals surface area contributed by atoms with Gasteiger partial charge in [0.1, 0.15) is 0 Å². The predicted octanol–water partition coefficient (Wildman–Crippen LogP) is 2.62. The standard InChI is InChI=1S/C14H33NO3Si/c1-5-8-10-15(12-13-16)11-9-14-19(4,17-6-2)18-7-3/h16H,5-14H2,1-4H3. The van der Waals surface area contributed by atoms with Crippen molar-refractivity contribution in [3.05, 3.63) is 0 Å². The summed E-state index contributed by atoms with van der Waals surface area (Å²) in [5.41, 5.74) is 0. The van der Waals surface area contributed by atoms with Crippen LogP contribution in [0, 0.1) is 0 Å². The second-order valence-electron chi connectivity index (χ2n) is 5.02. The minimum absolute atomic E-state index is 0.245. The molecule has 0 unspecified atom stereocenters. The average Bonchev–Trinajstić information content (AvgIpc) is 2.36. The van der Waals surface area contributed by atoms with Crippen molar-refractivity contribution in [2.75, 3.05) is 39.5 Å². The largest absolute Gasteiger partial charge is 0.395 e. The third-order valence-corrected chi connectivity index (χ3v) is 6.31. The number of hydrogen-bond acceptors (Lipinski definition) is 4. The van der Waals surface area contributed by atoms with Gasteiger partial charge in [0.25, 0.3) is 0 Å². The lowest BCUT2D eigenvalue weighted by Crippen LogP contribution is -2.40. The maximum Gasteiger partial charge on any atom is 0.334 e. The Balaban J connectivity index is 4.04. The van der Waals surface area contributed by atoms with Crippen LogP contribution in [0.3, 0.4) is 0 Å². The summed E-state index contributed by atoms with van der Waals surface area (Å²) in [6.45, 7) is 13.0. The molecule has 0 fully saturated rings. The highest BCUT2D eigenvalue weighted by molar-refractivity contribution is 6.66. The number of nitrogens with zero attached hydrogens (tertiary/aromatic N) is 1. The Morgan fingerprint density at radius 3 is 2.00 bits per heavy atom. The number of aliphatic hydroxyl groups excluding tert-OH is 1. The van der Waals surface area contributed by atoms with Crippen molar-refractivity contribution in [1.29, 1.82) is 0 Å². The number of rotatable bonds is 13. The van der Waals surface area contributed by atoms with E-state index >= 15 is 0 Å². The maximum absolute atomic E-state index is 9.08. The van der Waals surface area contributed by atoms with Gasteiger partial charge in [0.2, 0.25) is 0 Å². The van der Waals surface area contributed by atoms with E-state index in [2.05, 4.69) is 18.4 Å². The lowest BCUT2D eigenvalue weighted by atomic mass is 10.3. The molecule has 0 aromatic heterocycles. The second-order valence-corrected chi connectivity index (χ2v) is 8.37. The molecule has 0 atom stereocenters. The highest BCUT2D eigenvalue weighted by Gasteiger charge is 2.30. The first kappa shape index (κ1) is 19.1. The van der Waals surface area contributed by atoms with Crippen LogP contribution in [0.4, 0.5) is 0 Å². The summed E-state index contributed by atoms with van der Waals surface area (Å²) < 4.78 is 11.7. The molecular formula is C14H33NO3Si. The molecule has 0 aromatic carbocycles. The molecule has 0 heterocycles. The summed E-state index contributed by atoms with van der Waals surface area (Å²) in [6.07, 6.45) is 3.49. The van der Waals surface area contributed by atoms with Crippen molar-refractivity contribution in [3.63, 3.8) is 0 Å². The first-order valence-electron chi connectivity index (χ1n) is 7.73. The molecule has 0 saturated heterocycles. The van der Waals surface area contributed by atoms with Gasteiger partial charge in [-0.2, -0.15) is 0 Å². The minimum atomic E-state index is -1.96. The molecule has 0 amide bonds.